The van der Waals surface area contributed by atoms with Gasteiger partial charge in [0.1, 0.15) is 6.04 Å². The summed E-state index contributed by atoms with van der Waals surface area (Å²) in [5.41, 5.74) is 0. The second-order valence-electron chi connectivity index (χ2n) is 1.78. The van der Waals surface area contributed by atoms with E-state index in [0.717, 1.165) is 6.54 Å². The molecule has 0 aromatic heterocycles. The highest BCUT2D eigenvalue weighted by molar-refractivity contribution is 6.32. The first-order chi connectivity index (χ1) is 3.38. The first-order valence-corrected chi connectivity index (χ1v) is 2.22. The van der Waals surface area contributed by atoms with Crippen molar-refractivity contribution in [1.29, 1.82) is 0 Å². The lowest BCUT2D eigenvalue weighted by Gasteiger charge is -1.76. The van der Waals surface area contributed by atoms with Gasteiger partial charge in [-0.25, -0.2) is 0 Å². The van der Waals surface area contributed by atoms with Crippen LogP contribution in [0.15, 0.2) is 5.10 Å². The summed E-state index contributed by atoms with van der Waals surface area (Å²) in [5, 5.41) is 5.52. The second kappa shape index (κ2) is 2.33. The molecule has 52 valence electrons. The zero-order valence-electron chi connectivity index (χ0n) is 4.78. The van der Waals surface area contributed by atoms with Crippen molar-refractivity contribution in [1.82, 2.24) is 11.2 Å². The third kappa shape index (κ3) is 1.04. The molecule has 1 unspecified atom stereocenters. The number of rotatable bonds is 0. The largest absolute Gasteiger partial charge is 0.344 e. The summed E-state index contributed by atoms with van der Waals surface area (Å²) < 4.78 is 0. The summed E-state index contributed by atoms with van der Waals surface area (Å²) in [5.74, 6) is 0.167. The maximum absolute atomic E-state index is 10.4. The molecule has 2 aliphatic rings. The molecule has 9 heavy (non-hydrogen) atoms. The van der Waals surface area contributed by atoms with E-state index in [2.05, 4.69) is 5.10 Å². The number of Topliss-reactive ketones (excluding diaryl/α,β-unsaturated/α-hetero) is 1. The molecule has 0 radical (unpaired) electrons. The Morgan fingerprint density at radius 3 is 2.56 bits per heavy atom. The van der Waals surface area contributed by atoms with E-state index in [9.17, 15) is 4.79 Å². The van der Waals surface area contributed by atoms with Crippen LogP contribution in [0.2, 0.25) is 0 Å². The van der Waals surface area contributed by atoms with Crippen molar-refractivity contribution in [3.05, 3.63) is 0 Å². The minimum Gasteiger partial charge on any atom is -0.344 e. The summed E-state index contributed by atoms with van der Waals surface area (Å²) in [4.78, 5) is 10.4. The molecule has 2 rings (SSSR count). The van der Waals surface area contributed by atoms with Gasteiger partial charge in [0.05, 0.1) is 12.8 Å². The van der Waals surface area contributed by atoms with E-state index in [1.807, 2.05) is 0 Å². The minimum absolute atomic E-state index is 0. The van der Waals surface area contributed by atoms with Gasteiger partial charge in [-0.2, -0.15) is 5.10 Å². The van der Waals surface area contributed by atoms with E-state index in [4.69, 9.17) is 0 Å². The number of hydrazone groups is 1. The Bertz CT molecular complexity index is 158. The molecule has 2 aliphatic heterocycles. The molecule has 4 nitrogen and oxygen atoms in total. The minimum atomic E-state index is 0. The van der Waals surface area contributed by atoms with Gasteiger partial charge in [-0.3, -0.25) is 9.80 Å². The van der Waals surface area contributed by atoms with Crippen LogP contribution in [-0.2, 0) is 4.79 Å². The fourth-order valence-electron chi connectivity index (χ4n) is 0.712. The Hall–Kier alpha value is -0.610. The van der Waals surface area contributed by atoms with Crippen LogP contribution in [0.1, 0.15) is 0 Å². The third-order valence-electron chi connectivity index (χ3n) is 1.25. The quantitative estimate of drug-likeness (QED) is 0.486. The molecule has 5 heteroatoms. The van der Waals surface area contributed by atoms with Crippen molar-refractivity contribution in [2.24, 2.45) is 5.10 Å². The van der Waals surface area contributed by atoms with Gasteiger partial charge < -0.3 is 6.15 Å². The van der Waals surface area contributed by atoms with Gasteiger partial charge in [-0.1, -0.05) is 0 Å². The number of nitrogens with zero attached hydrogens (tertiary/aromatic N) is 2. The molecule has 0 aliphatic carbocycles. The van der Waals surface area contributed by atoms with Crippen LogP contribution >= 0.6 is 12.4 Å². The Kier molecular flexibility index (Phi) is 2.17. The van der Waals surface area contributed by atoms with Crippen molar-refractivity contribution in [2.45, 2.75) is 6.04 Å². The summed E-state index contributed by atoms with van der Waals surface area (Å²) in [6, 6.07) is 0.153. The molecule has 0 amide bonds. The summed E-state index contributed by atoms with van der Waals surface area (Å²) in [6.07, 6.45) is 1.38. The SMILES string of the molecule is Cl.N.O=C1C=NN2CC12. The van der Waals surface area contributed by atoms with E-state index in [0.29, 0.717) is 0 Å². The highest BCUT2D eigenvalue weighted by Crippen LogP contribution is 2.21. The summed E-state index contributed by atoms with van der Waals surface area (Å²) >= 11 is 0. The maximum atomic E-state index is 10.4. The molecule has 3 N–H and O–H groups in total. The fraction of sp³-hybridized carbons (Fsp3) is 0.500. The monoisotopic (exact) mass is 149 g/mol. The fourth-order valence-corrected chi connectivity index (χ4v) is 0.712. The van der Waals surface area contributed by atoms with Gasteiger partial charge >= 0.3 is 0 Å². The van der Waals surface area contributed by atoms with Crippen molar-refractivity contribution < 1.29 is 4.79 Å². The summed E-state index contributed by atoms with van der Waals surface area (Å²) in [7, 11) is 0. The van der Waals surface area contributed by atoms with Crippen molar-refractivity contribution in [2.75, 3.05) is 6.54 Å². The van der Waals surface area contributed by atoms with Crippen molar-refractivity contribution in [3.63, 3.8) is 0 Å². The predicted octanol–water partition coefficient (Wildman–Crippen LogP) is -0.177. The highest BCUT2D eigenvalue weighted by atomic mass is 35.5. The van der Waals surface area contributed by atoms with Crippen LogP contribution in [0.5, 0.6) is 0 Å². The lowest BCUT2D eigenvalue weighted by molar-refractivity contribution is -0.112. The first kappa shape index (κ1) is 8.39. The lowest BCUT2D eigenvalue weighted by atomic mass is 10.3. The number of fused-ring (bicyclic) bond motifs is 1. The van der Waals surface area contributed by atoms with Gasteiger partial charge in [0.2, 0.25) is 5.78 Å². The Morgan fingerprint density at radius 2 is 2.44 bits per heavy atom. The van der Waals surface area contributed by atoms with Gasteiger partial charge in [0, 0.05) is 0 Å². The maximum Gasteiger partial charge on any atom is 0.201 e. The Morgan fingerprint density at radius 1 is 1.78 bits per heavy atom. The third-order valence-corrected chi connectivity index (χ3v) is 1.25. The van der Waals surface area contributed by atoms with E-state index >= 15 is 0 Å². The van der Waals surface area contributed by atoms with Gasteiger partial charge in [-0.05, 0) is 0 Å². The van der Waals surface area contributed by atoms with E-state index < -0.39 is 0 Å². The molecule has 1 fully saturated rings. The molecule has 2 heterocycles. The molecule has 0 saturated carbocycles. The van der Waals surface area contributed by atoms with E-state index in [1.165, 1.54) is 6.21 Å². The molecule has 0 bridgehead atoms. The summed E-state index contributed by atoms with van der Waals surface area (Å²) in [6.45, 7) is 0.856. The molecule has 1 saturated heterocycles. The Labute approximate surface area is 58.9 Å². The zero-order valence-corrected chi connectivity index (χ0v) is 5.60. The van der Waals surface area contributed by atoms with Gasteiger partial charge in [0.25, 0.3) is 0 Å². The van der Waals surface area contributed by atoms with Crippen LogP contribution in [0.25, 0.3) is 0 Å². The molecule has 1 atom stereocenters. The molecule has 0 spiro atoms. The van der Waals surface area contributed by atoms with Crippen LogP contribution < -0.4 is 6.15 Å². The predicted molar refractivity (Wildman–Crippen MR) is 36.3 cm³/mol. The highest BCUT2D eigenvalue weighted by Gasteiger charge is 2.42. The molecule has 0 aromatic carbocycles. The van der Waals surface area contributed by atoms with Crippen molar-refractivity contribution >= 4 is 24.4 Å². The van der Waals surface area contributed by atoms with Crippen LogP contribution in [0.3, 0.4) is 0 Å². The standard InChI is InChI=1S/C4H4N2O.ClH.H3N/c7-4-1-5-6-2-3(4)6;;/h1,3H,2H2;1H;1H3. The zero-order chi connectivity index (χ0) is 4.85. The van der Waals surface area contributed by atoms with Crippen molar-refractivity contribution in [3.8, 4) is 0 Å². The van der Waals surface area contributed by atoms with Gasteiger partial charge in [0.15, 0.2) is 0 Å². The van der Waals surface area contributed by atoms with Crippen LogP contribution in [0.4, 0.5) is 0 Å². The van der Waals surface area contributed by atoms with Gasteiger partial charge in [-0.15, -0.1) is 12.4 Å². The topological polar surface area (TPSA) is 67.4 Å². The number of ketones is 1. The van der Waals surface area contributed by atoms with E-state index in [-0.39, 0.29) is 30.4 Å². The number of halogens is 1. The van der Waals surface area contributed by atoms with Crippen LogP contribution in [-0.4, -0.2) is 29.6 Å². The smallest absolute Gasteiger partial charge is 0.201 e. The number of hydrogen-bond acceptors (Lipinski definition) is 4. The lowest BCUT2D eigenvalue weighted by Crippen LogP contribution is -2.03. The second-order valence-corrected chi connectivity index (χ2v) is 1.78. The number of carbonyl (C=O) groups excluding carboxylic acids is 1. The van der Waals surface area contributed by atoms with E-state index in [1.54, 1.807) is 5.01 Å². The number of carbonyl (C=O) groups is 1. The average Bonchev–Trinajstić information content (AvgIpc) is 2.33. The molecule has 0 aromatic rings. The normalized spacial score (nSPS) is 26.4. The number of hydrogen-bond donors (Lipinski definition) is 1. The molecular formula is C4H8ClN3O. The average molecular weight is 150 g/mol. The Balaban J connectivity index is 0.000000320. The first-order valence-electron chi connectivity index (χ1n) is 2.22. The molecular weight excluding hydrogens is 142 g/mol. The van der Waals surface area contributed by atoms with Crippen LogP contribution in [0, 0.1) is 0 Å².